The normalized spacial score (nSPS) is 11.0. The number of rotatable bonds is 6. The standard InChI is InChI=1S/C21H20N2O3S/c1-16-7-5-6-8-17(16)15-21(24)22-18-11-13-20(14-12-18)27(25,26)23-19-9-3-2-4-10-19/h2-14,23H,15H2,1H3,(H,22,24). The number of para-hydroxylation sites is 1. The third-order valence-electron chi connectivity index (χ3n) is 4.09. The number of hydrogen-bond acceptors (Lipinski definition) is 3. The molecule has 0 aliphatic heterocycles. The van der Waals surface area contributed by atoms with E-state index in [1.807, 2.05) is 37.3 Å². The van der Waals surface area contributed by atoms with Crippen LogP contribution in [0.4, 0.5) is 11.4 Å². The Morgan fingerprint density at radius 1 is 0.815 bits per heavy atom. The molecule has 6 heteroatoms. The Labute approximate surface area is 159 Å². The van der Waals surface area contributed by atoms with Gasteiger partial charge < -0.3 is 5.32 Å². The highest BCUT2D eigenvalue weighted by molar-refractivity contribution is 7.92. The van der Waals surface area contributed by atoms with Gasteiger partial charge in [0.15, 0.2) is 0 Å². The van der Waals surface area contributed by atoms with E-state index in [4.69, 9.17) is 0 Å². The minimum Gasteiger partial charge on any atom is -0.326 e. The van der Waals surface area contributed by atoms with E-state index < -0.39 is 10.0 Å². The summed E-state index contributed by atoms with van der Waals surface area (Å²) in [5.41, 5.74) is 3.06. The summed E-state index contributed by atoms with van der Waals surface area (Å²) < 4.78 is 27.3. The van der Waals surface area contributed by atoms with E-state index >= 15 is 0 Å². The Morgan fingerprint density at radius 3 is 2.11 bits per heavy atom. The molecule has 0 saturated carbocycles. The van der Waals surface area contributed by atoms with Crippen LogP contribution in [0.15, 0.2) is 83.8 Å². The summed E-state index contributed by atoms with van der Waals surface area (Å²) in [4.78, 5) is 12.3. The van der Waals surface area contributed by atoms with Crippen LogP contribution in [-0.4, -0.2) is 14.3 Å². The molecule has 0 spiro atoms. The van der Waals surface area contributed by atoms with Gasteiger partial charge in [0.05, 0.1) is 11.3 Å². The van der Waals surface area contributed by atoms with Gasteiger partial charge in [0.1, 0.15) is 0 Å². The molecule has 138 valence electrons. The van der Waals surface area contributed by atoms with Crippen LogP contribution in [0.5, 0.6) is 0 Å². The fourth-order valence-electron chi connectivity index (χ4n) is 2.62. The lowest BCUT2D eigenvalue weighted by Crippen LogP contribution is -2.16. The molecule has 3 rings (SSSR count). The van der Waals surface area contributed by atoms with Crippen molar-refractivity contribution in [3.8, 4) is 0 Å². The van der Waals surface area contributed by atoms with E-state index in [-0.39, 0.29) is 17.2 Å². The first-order chi connectivity index (χ1) is 12.9. The van der Waals surface area contributed by atoms with Gasteiger partial charge in [-0.25, -0.2) is 8.42 Å². The maximum atomic E-state index is 12.4. The minimum absolute atomic E-state index is 0.128. The van der Waals surface area contributed by atoms with Gasteiger partial charge in [0.2, 0.25) is 5.91 Å². The summed E-state index contributed by atoms with van der Waals surface area (Å²) in [5, 5.41) is 2.79. The molecule has 0 aliphatic carbocycles. The second-order valence-corrected chi connectivity index (χ2v) is 7.83. The molecule has 0 fully saturated rings. The van der Waals surface area contributed by atoms with E-state index in [0.29, 0.717) is 11.4 Å². The van der Waals surface area contributed by atoms with Crippen molar-refractivity contribution in [3.63, 3.8) is 0 Å². The molecule has 27 heavy (non-hydrogen) atoms. The van der Waals surface area contributed by atoms with Gasteiger partial charge in [0.25, 0.3) is 10.0 Å². The lowest BCUT2D eigenvalue weighted by molar-refractivity contribution is -0.115. The van der Waals surface area contributed by atoms with Crippen molar-refractivity contribution in [3.05, 3.63) is 90.0 Å². The van der Waals surface area contributed by atoms with Crippen LogP contribution in [0.2, 0.25) is 0 Å². The molecule has 5 nitrogen and oxygen atoms in total. The minimum atomic E-state index is -3.68. The fourth-order valence-corrected chi connectivity index (χ4v) is 3.68. The van der Waals surface area contributed by atoms with Crippen molar-refractivity contribution in [2.24, 2.45) is 0 Å². The molecule has 0 bridgehead atoms. The Balaban J connectivity index is 1.66. The van der Waals surface area contributed by atoms with Crippen molar-refractivity contribution >= 4 is 27.3 Å². The molecule has 3 aromatic carbocycles. The van der Waals surface area contributed by atoms with Crippen LogP contribution in [0, 0.1) is 6.92 Å². The molecule has 0 saturated heterocycles. The van der Waals surface area contributed by atoms with E-state index in [0.717, 1.165) is 11.1 Å². The first-order valence-electron chi connectivity index (χ1n) is 8.46. The van der Waals surface area contributed by atoms with Gasteiger partial charge in [-0.2, -0.15) is 0 Å². The molecule has 2 N–H and O–H groups in total. The number of anilines is 2. The Hall–Kier alpha value is -3.12. The number of amides is 1. The molecule has 0 unspecified atom stereocenters. The predicted octanol–water partition coefficient (Wildman–Crippen LogP) is 3.98. The summed E-state index contributed by atoms with van der Waals surface area (Å²) in [6.07, 6.45) is 0.266. The van der Waals surface area contributed by atoms with E-state index in [1.54, 1.807) is 36.4 Å². The topological polar surface area (TPSA) is 75.3 Å². The largest absolute Gasteiger partial charge is 0.326 e. The van der Waals surface area contributed by atoms with Crippen LogP contribution in [0.3, 0.4) is 0 Å². The van der Waals surface area contributed by atoms with Gasteiger partial charge in [-0.15, -0.1) is 0 Å². The van der Waals surface area contributed by atoms with Gasteiger partial charge in [0, 0.05) is 11.4 Å². The molecular weight excluding hydrogens is 360 g/mol. The van der Waals surface area contributed by atoms with Crippen LogP contribution in [0.25, 0.3) is 0 Å². The summed E-state index contributed by atoms with van der Waals surface area (Å²) >= 11 is 0. The van der Waals surface area contributed by atoms with Crippen molar-refractivity contribution < 1.29 is 13.2 Å². The number of carbonyl (C=O) groups is 1. The SMILES string of the molecule is Cc1ccccc1CC(=O)Nc1ccc(S(=O)(=O)Nc2ccccc2)cc1. The summed E-state index contributed by atoms with van der Waals surface area (Å²) in [5.74, 6) is -0.151. The molecule has 0 radical (unpaired) electrons. The monoisotopic (exact) mass is 380 g/mol. The summed E-state index contributed by atoms with van der Waals surface area (Å²) in [6, 6.07) is 22.5. The van der Waals surface area contributed by atoms with E-state index in [9.17, 15) is 13.2 Å². The van der Waals surface area contributed by atoms with Crippen LogP contribution in [-0.2, 0) is 21.2 Å². The number of nitrogens with one attached hydrogen (secondary N) is 2. The maximum Gasteiger partial charge on any atom is 0.261 e. The second-order valence-electron chi connectivity index (χ2n) is 6.15. The molecule has 3 aromatic rings. The highest BCUT2D eigenvalue weighted by atomic mass is 32.2. The van der Waals surface area contributed by atoms with E-state index in [2.05, 4.69) is 10.0 Å². The smallest absolute Gasteiger partial charge is 0.261 e. The fraction of sp³-hybridized carbons (Fsp3) is 0.0952. The van der Waals surface area contributed by atoms with Gasteiger partial charge in [-0.05, 0) is 54.4 Å². The number of hydrogen-bond donors (Lipinski definition) is 2. The number of sulfonamides is 1. The van der Waals surface area contributed by atoms with Crippen LogP contribution < -0.4 is 10.0 Å². The van der Waals surface area contributed by atoms with Crippen molar-refractivity contribution in [1.82, 2.24) is 0 Å². The van der Waals surface area contributed by atoms with Gasteiger partial charge in [-0.3, -0.25) is 9.52 Å². The van der Waals surface area contributed by atoms with Crippen LogP contribution in [0.1, 0.15) is 11.1 Å². The second kappa shape index (κ2) is 8.05. The Morgan fingerprint density at radius 2 is 1.44 bits per heavy atom. The highest BCUT2D eigenvalue weighted by Gasteiger charge is 2.14. The third kappa shape index (κ3) is 4.95. The zero-order valence-corrected chi connectivity index (χ0v) is 15.7. The third-order valence-corrected chi connectivity index (χ3v) is 5.48. The zero-order valence-electron chi connectivity index (χ0n) is 14.8. The zero-order chi connectivity index (χ0) is 19.3. The van der Waals surface area contributed by atoms with Gasteiger partial charge >= 0.3 is 0 Å². The molecule has 1 amide bonds. The molecule has 0 aliphatic rings. The summed E-state index contributed by atoms with van der Waals surface area (Å²) in [6.45, 7) is 1.96. The summed E-state index contributed by atoms with van der Waals surface area (Å²) in [7, 11) is -3.68. The molecule has 0 atom stereocenters. The molecular formula is C21H20N2O3S. The maximum absolute atomic E-state index is 12.4. The van der Waals surface area contributed by atoms with Crippen LogP contribution >= 0.6 is 0 Å². The molecule has 0 aromatic heterocycles. The van der Waals surface area contributed by atoms with Crippen molar-refractivity contribution in [2.75, 3.05) is 10.0 Å². The highest BCUT2D eigenvalue weighted by Crippen LogP contribution is 2.18. The Kier molecular flexibility index (Phi) is 5.57. The lowest BCUT2D eigenvalue weighted by atomic mass is 10.1. The number of carbonyl (C=O) groups excluding carboxylic acids is 1. The number of benzene rings is 3. The average Bonchev–Trinajstić information content (AvgIpc) is 2.64. The lowest BCUT2D eigenvalue weighted by Gasteiger charge is -2.10. The van der Waals surface area contributed by atoms with Crippen molar-refractivity contribution in [2.45, 2.75) is 18.2 Å². The quantitative estimate of drug-likeness (QED) is 0.679. The predicted molar refractivity (Wildman–Crippen MR) is 107 cm³/mol. The Bertz CT molecular complexity index is 1030. The molecule has 0 heterocycles. The van der Waals surface area contributed by atoms with E-state index in [1.165, 1.54) is 12.1 Å². The van der Waals surface area contributed by atoms with Gasteiger partial charge in [-0.1, -0.05) is 42.5 Å². The van der Waals surface area contributed by atoms with Crippen molar-refractivity contribution in [1.29, 1.82) is 0 Å². The average molecular weight is 380 g/mol. The first kappa shape index (κ1) is 18.7. The number of aryl methyl sites for hydroxylation is 1. The first-order valence-corrected chi connectivity index (χ1v) is 9.95.